The molecule has 1 aliphatic carbocycles. The van der Waals surface area contributed by atoms with Crippen LogP contribution in [-0.4, -0.2) is 11.9 Å². The number of hydrogen-bond acceptors (Lipinski definition) is 4. The summed E-state index contributed by atoms with van der Waals surface area (Å²) in [5.41, 5.74) is 4.75. The maximum Gasteiger partial charge on any atom is 0.343 e. The van der Waals surface area contributed by atoms with E-state index < -0.39 is 0 Å². The van der Waals surface area contributed by atoms with E-state index in [0.29, 0.717) is 11.3 Å². The van der Waals surface area contributed by atoms with Gasteiger partial charge in [0.2, 0.25) is 0 Å². The summed E-state index contributed by atoms with van der Waals surface area (Å²) in [5.74, 6) is 0.164. The molecule has 0 unspecified atom stereocenters. The van der Waals surface area contributed by atoms with Crippen molar-refractivity contribution in [3.05, 3.63) is 64.2 Å². The van der Waals surface area contributed by atoms with E-state index in [1.54, 1.807) is 12.1 Å². The molecule has 0 aromatic heterocycles. The monoisotopic (exact) mass is 350 g/mol. The van der Waals surface area contributed by atoms with E-state index in [9.17, 15) is 9.59 Å². The minimum absolute atomic E-state index is 0.0802. The Morgan fingerprint density at radius 2 is 1.92 bits per heavy atom. The molecule has 26 heavy (non-hydrogen) atoms. The zero-order valence-corrected chi connectivity index (χ0v) is 15.2. The molecule has 2 aromatic carbocycles. The lowest BCUT2D eigenvalue weighted by atomic mass is 9.74. The average molecular weight is 350 g/mol. The van der Waals surface area contributed by atoms with E-state index in [4.69, 9.17) is 9.47 Å². The van der Waals surface area contributed by atoms with Gasteiger partial charge in [-0.05, 0) is 61.6 Å². The Morgan fingerprint density at radius 1 is 1.19 bits per heavy atom. The smallest absolute Gasteiger partial charge is 0.343 e. The highest BCUT2D eigenvalue weighted by atomic mass is 16.6. The molecule has 0 spiro atoms. The summed E-state index contributed by atoms with van der Waals surface area (Å²) >= 11 is 0. The Labute approximate surface area is 153 Å². The van der Waals surface area contributed by atoms with Crippen LogP contribution in [0.4, 0.5) is 0 Å². The molecule has 2 aromatic rings. The summed E-state index contributed by atoms with van der Waals surface area (Å²) in [5, 5.41) is 0. The summed E-state index contributed by atoms with van der Waals surface area (Å²) in [7, 11) is 0. The fourth-order valence-electron chi connectivity index (χ4n) is 4.26. The summed E-state index contributed by atoms with van der Waals surface area (Å²) in [4.78, 5) is 24.6. The van der Waals surface area contributed by atoms with Crippen molar-refractivity contribution in [2.24, 2.45) is 11.8 Å². The lowest BCUT2D eigenvalue weighted by Crippen LogP contribution is -2.23. The van der Waals surface area contributed by atoms with Crippen molar-refractivity contribution in [3.63, 3.8) is 0 Å². The number of hydrogen-bond donors (Lipinski definition) is 0. The van der Waals surface area contributed by atoms with Crippen LogP contribution >= 0.6 is 0 Å². The Morgan fingerprint density at radius 3 is 2.65 bits per heavy atom. The lowest BCUT2D eigenvalue weighted by molar-refractivity contribution is -0.144. The molecule has 4 heteroatoms. The van der Waals surface area contributed by atoms with Gasteiger partial charge >= 0.3 is 11.9 Å². The molecule has 3 atom stereocenters. The Hall–Kier alpha value is -2.62. The van der Waals surface area contributed by atoms with Crippen molar-refractivity contribution in [2.75, 3.05) is 0 Å². The van der Waals surface area contributed by atoms with Gasteiger partial charge in [0.25, 0.3) is 0 Å². The van der Waals surface area contributed by atoms with E-state index in [1.807, 2.05) is 45.0 Å². The van der Waals surface area contributed by atoms with Crippen molar-refractivity contribution in [3.8, 4) is 5.75 Å². The fraction of sp³-hybridized carbons (Fsp3) is 0.364. The van der Waals surface area contributed by atoms with Crippen LogP contribution in [0, 0.1) is 25.7 Å². The second-order valence-corrected chi connectivity index (χ2v) is 7.31. The first-order valence-corrected chi connectivity index (χ1v) is 9.08. The molecule has 0 bridgehead atoms. The Balaban J connectivity index is 1.73. The summed E-state index contributed by atoms with van der Waals surface area (Å²) in [6.07, 6.45) is 1.65. The van der Waals surface area contributed by atoms with Gasteiger partial charge in [-0.1, -0.05) is 25.1 Å². The SMILES string of the molecule is Cc1cc(OC(=O)c2ccccc2)c(C)c2c1CC[C@H]1[C@H](C)C(=O)O[C@@H]21. The Bertz CT molecular complexity index is 885. The highest BCUT2D eigenvalue weighted by molar-refractivity contribution is 5.91. The first-order valence-electron chi connectivity index (χ1n) is 9.08. The number of fused-ring (bicyclic) bond motifs is 3. The van der Waals surface area contributed by atoms with E-state index >= 15 is 0 Å². The van der Waals surface area contributed by atoms with E-state index in [1.165, 1.54) is 5.56 Å². The summed E-state index contributed by atoms with van der Waals surface area (Å²) in [6, 6.07) is 10.9. The molecule has 4 nitrogen and oxygen atoms in total. The first kappa shape index (κ1) is 16.8. The number of ether oxygens (including phenoxy) is 2. The average Bonchev–Trinajstić information content (AvgIpc) is 2.94. The maximum atomic E-state index is 12.5. The van der Waals surface area contributed by atoms with Gasteiger partial charge in [0.05, 0.1) is 11.5 Å². The molecular weight excluding hydrogens is 328 g/mol. The first-order chi connectivity index (χ1) is 12.5. The minimum atomic E-state index is -0.378. The van der Waals surface area contributed by atoms with Crippen molar-refractivity contribution in [1.29, 1.82) is 0 Å². The number of rotatable bonds is 2. The van der Waals surface area contributed by atoms with Crippen LogP contribution < -0.4 is 4.74 Å². The van der Waals surface area contributed by atoms with Crippen molar-refractivity contribution in [2.45, 2.75) is 39.7 Å². The van der Waals surface area contributed by atoms with Gasteiger partial charge in [0.1, 0.15) is 11.9 Å². The summed E-state index contributed by atoms with van der Waals surface area (Å²) < 4.78 is 11.4. The molecule has 4 rings (SSSR count). The molecule has 0 saturated carbocycles. The zero-order valence-electron chi connectivity index (χ0n) is 15.2. The second-order valence-electron chi connectivity index (χ2n) is 7.31. The molecule has 2 aliphatic rings. The molecule has 134 valence electrons. The van der Waals surface area contributed by atoms with Crippen LogP contribution in [0.3, 0.4) is 0 Å². The number of esters is 2. The van der Waals surface area contributed by atoms with Gasteiger partial charge in [0.15, 0.2) is 0 Å². The molecule has 1 heterocycles. The molecule has 1 aliphatic heterocycles. The molecule has 0 radical (unpaired) electrons. The van der Waals surface area contributed by atoms with Crippen LogP contribution in [0.15, 0.2) is 36.4 Å². The molecule has 0 N–H and O–H groups in total. The number of benzene rings is 2. The third-order valence-electron chi connectivity index (χ3n) is 5.79. The fourth-order valence-corrected chi connectivity index (χ4v) is 4.26. The van der Waals surface area contributed by atoms with Crippen LogP contribution in [0.5, 0.6) is 5.75 Å². The van der Waals surface area contributed by atoms with Crippen LogP contribution in [0.1, 0.15) is 52.1 Å². The van der Waals surface area contributed by atoms with Gasteiger partial charge in [-0.25, -0.2) is 4.79 Å². The molecular formula is C22H22O4. The second kappa shape index (κ2) is 6.27. The predicted molar refractivity (Wildman–Crippen MR) is 97.1 cm³/mol. The topological polar surface area (TPSA) is 52.6 Å². The van der Waals surface area contributed by atoms with E-state index in [0.717, 1.165) is 29.5 Å². The van der Waals surface area contributed by atoms with Crippen molar-refractivity contribution >= 4 is 11.9 Å². The van der Waals surface area contributed by atoms with Crippen LogP contribution in [-0.2, 0) is 16.0 Å². The lowest BCUT2D eigenvalue weighted by Gasteiger charge is -2.31. The minimum Gasteiger partial charge on any atom is -0.457 e. The third kappa shape index (κ3) is 2.61. The van der Waals surface area contributed by atoms with Crippen molar-refractivity contribution < 1.29 is 19.1 Å². The molecule has 1 fully saturated rings. The summed E-state index contributed by atoms with van der Waals surface area (Å²) in [6.45, 7) is 5.92. The largest absolute Gasteiger partial charge is 0.457 e. The van der Waals surface area contributed by atoms with Crippen molar-refractivity contribution in [1.82, 2.24) is 0 Å². The number of aryl methyl sites for hydroxylation is 1. The number of carbonyl (C=O) groups excluding carboxylic acids is 2. The van der Waals surface area contributed by atoms with Gasteiger partial charge in [-0.15, -0.1) is 0 Å². The standard InChI is InChI=1S/C22H22O4/c1-12-11-18(25-22(24)15-7-5-4-6-8-15)14(3)19-16(12)9-10-17-13(2)21(23)26-20(17)19/h4-8,11,13,17,20H,9-10H2,1-3H3/t13-,17-,20+/m0/s1. The third-order valence-corrected chi connectivity index (χ3v) is 5.79. The van der Waals surface area contributed by atoms with Crippen LogP contribution in [0.25, 0.3) is 0 Å². The van der Waals surface area contributed by atoms with E-state index in [2.05, 4.69) is 0 Å². The quantitative estimate of drug-likeness (QED) is 0.598. The highest BCUT2D eigenvalue weighted by Crippen LogP contribution is 2.49. The van der Waals surface area contributed by atoms with Gasteiger partial charge in [0, 0.05) is 11.5 Å². The maximum absolute atomic E-state index is 12.5. The van der Waals surface area contributed by atoms with Gasteiger partial charge < -0.3 is 9.47 Å². The van der Waals surface area contributed by atoms with Gasteiger partial charge in [-0.3, -0.25) is 4.79 Å². The number of carbonyl (C=O) groups is 2. The highest BCUT2D eigenvalue weighted by Gasteiger charge is 2.46. The Kier molecular flexibility index (Phi) is 4.06. The van der Waals surface area contributed by atoms with Gasteiger partial charge in [-0.2, -0.15) is 0 Å². The predicted octanol–water partition coefficient (Wildman–Crippen LogP) is 4.32. The van der Waals surface area contributed by atoms with E-state index in [-0.39, 0.29) is 29.9 Å². The zero-order chi connectivity index (χ0) is 18.4. The molecule has 1 saturated heterocycles. The normalized spacial score (nSPS) is 23.8. The molecule has 0 amide bonds. The van der Waals surface area contributed by atoms with Crippen LogP contribution in [0.2, 0.25) is 0 Å².